The second-order valence-electron chi connectivity index (χ2n) is 6.53. The zero-order chi connectivity index (χ0) is 14.3. The van der Waals surface area contributed by atoms with Crippen LogP contribution in [0.15, 0.2) is 0 Å². The van der Waals surface area contributed by atoms with Crippen LogP contribution >= 0.6 is 0 Å². The Morgan fingerprint density at radius 2 is 2.00 bits per heavy atom. The van der Waals surface area contributed by atoms with Crippen LogP contribution in [0.1, 0.15) is 63.7 Å². The summed E-state index contributed by atoms with van der Waals surface area (Å²) in [4.78, 5) is 11.1. The van der Waals surface area contributed by atoms with Crippen molar-refractivity contribution in [1.82, 2.24) is 20.2 Å². The number of nitrogens with zero attached hydrogens (tertiary/aromatic N) is 4. The zero-order valence-corrected chi connectivity index (χ0v) is 12.1. The molecule has 3 atom stereocenters. The molecule has 1 aromatic heterocycles. The molecule has 1 aromatic rings. The lowest BCUT2D eigenvalue weighted by atomic mass is 10.0. The first-order valence-electron chi connectivity index (χ1n) is 7.59. The number of carbonyl (C=O) groups is 1. The van der Waals surface area contributed by atoms with Gasteiger partial charge >= 0.3 is 5.97 Å². The number of fused-ring (bicyclic) bond motifs is 1. The summed E-state index contributed by atoms with van der Waals surface area (Å²) >= 11 is 0. The molecule has 6 heteroatoms. The topological polar surface area (TPSA) is 80.9 Å². The van der Waals surface area contributed by atoms with E-state index in [0.717, 1.165) is 17.7 Å². The predicted molar refractivity (Wildman–Crippen MR) is 72.1 cm³/mol. The van der Waals surface area contributed by atoms with E-state index in [4.69, 9.17) is 5.11 Å². The number of hydrogen-bond acceptors (Lipinski definition) is 4. The predicted octanol–water partition coefficient (Wildman–Crippen LogP) is 2.25. The van der Waals surface area contributed by atoms with Gasteiger partial charge in [-0.25, -0.2) is 4.68 Å². The smallest absolute Gasteiger partial charge is 0.305 e. The third-order valence-electron chi connectivity index (χ3n) is 4.94. The van der Waals surface area contributed by atoms with Crippen molar-refractivity contribution in [2.45, 2.75) is 57.9 Å². The van der Waals surface area contributed by atoms with Crippen LogP contribution in [-0.2, 0) is 4.79 Å². The Balaban J connectivity index is 1.83. The summed E-state index contributed by atoms with van der Waals surface area (Å²) in [5, 5.41) is 21.2. The van der Waals surface area contributed by atoms with Gasteiger partial charge in [-0.3, -0.25) is 4.79 Å². The van der Waals surface area contributed by atoms with E-state index in [-0.39, 0.29) is 18.4 Å². The zero-order valence-electron chi connectivity index (χ0n) is 12.1. The van der Waals surface area contributed by atoms with Gasteiger partial charge in [0.1, 0.15) is 0 Å². The van der Waals surface area contributed by atoms with E-state index in [1.807, 2.05) is 13.8 Å². The van der Waals surface area contributed by atoms with Crippen LogP contribution in [0.2, 0.25) is 0 Å². The molecule has 110 valence electrons. The van der Waals surface area contributed by atoms with E-state index < -0.39 is 5.97 Å². The number of hydrogen-bond donors (Lipinski definition) is 1. The van der Waals surface area contributed by atoms with Crippen LogP contribution < -0.4 is 0 Å². The van der Waals surface area contributed by atoms with Crippen LogP contribution in [0.3, 0.4) is 0 Å². The molecule has 0 aromatic carbocycles. The first-order chi connectivity index (χ1) is 9.59. The van der Waals surface area contributed by atoms with Crippen LogP contribution in [0, 0.1) is 17.8 Å². The molecule has 6 nitrogen and oxygen atoms in total. The summed E-state index contributed by atoms with van der Waals surface area (Å²) in [7, 11) is 0. The first-order valence-corrected chi connectivity index (χ1v) is 7.59. The molecular formula is C14H22N4O2. The van der Waals surface area contributed by atoms with E-state index in [1.165, 1.54) is 25.7 Å². The van der Waals surface area contributed by atoms with Gasteiger partial charge in [0.05, 0.1) is 12.5 Å². The third kappa shape index (κ3) is 2.31. The standard InChI is InChI=1S/C14H22N4O2/c1-8(2)11(7-12(19)20)18-14(15-16-17-18)13-9-5-3-4-6-10(9)13/h8-11,13H,3-7H2,1-2H3,(H,19,20). The number of carboxylic acids is 1. The summed E-state index contributed by atoms with van der Waals surface area (Å²) in [6, 6.07) is -0.153. The number of aliphatic carboxylic acids is 1. The second-order valence-corrected chi connectivity index (χ2v) is 6.53. The van der Waals surface area contributed by atoms with E-state index in [9.17, 15) is 4.79 Å². The van der Waals surface area contributed by atoms with E-state index in [0.29, 0.717) is 5.92 Å². The SMILES string of the molecule is CC(C)C(CC(=O)O)n1nnnc1C1C2CCCCC21. The van der Waals surface area contributed by atoms with E-state index in [1.54, 1.807) is 4.68 Å². The lowest BCUT2D eigenvalue weighted by Crippen LogP contribution is -2.22. The highest BCUT2D eigenvalue weighted by Crippen LogP contribution is 2.60. The Morgan fingerprint density at radius 3 is 2.55 bits per heavy atom. The Bertz CT molecular complexity index is 487. The minimum atomic E-state index is -0.793. The average molecular weight is 278 g/mol. The molecule has 3 unspecified atom stereocenters. The molecule has 0 saturated heterocycles. The maximum absolute atomic E-state index is 11.1. The van der Waals surface area contributed by atoms with Gasteiger partial charge < -0.3 is 5.11 Å². The van der Waals surface area contributed by atoms with Gasteiger partial charge in [0, 0.05) is 5.92 Å². The number of rotatable bonds is 5. The van der Waals surface area contributed by atoms with Gasteiger partial charge in [-0.05, 0) is 41.0 Å². The largest absolute Gasteiger partial charge is 0.481 e. The van der Waals surface area contributed by atoms with Crippen molar-refractivity contribution >= 4 is 5.97 Å². The van der Waals surface area contributed by atoms with Crippen molar-refractivity contribution in [1.29, 1.82) is 0 Å². The number of aromatic nitrogens is 4. The monoisotopic (exact) mass is 278 g/mol. The average Bonchev–Trinajstić information content (AvgIpc) is 2.94. The lowest BCUT2D eigenvalue weighted by molar-refractivity contribution is -0.138. The molecule has 2 fully saturated rings. The van der Waals surface area contributed by atoms with Crippen LogP contribution in [0.4, 0.5) is 0 Å². The van der Waals surface area contributed by atoms with Gasteiger partial charge in [0.2, 0.25) is 0 Å². The maximum Gasteiger partial charge on any atom is 0.305 e. The van der Waals surface area contributed by atoms with Crippen molar-refractivity contribution in [3.63, 3.8) is 0 Å². The Morgan fingerprint density at radius 1 is 1.35 bits per heavy atom. The summed E-state index contributed by atoms with van der Waals surface area (Å²) in [6.07, 6.45) is 5.24. The van der Waals surface area contributed by atoms with Gasteiger partial charge in [0.15, 0.2) is 5.82 Å². The fourth-order valence-corrected chi connectivity index (χ4v) is 3.81. The molecule has 0 amide bonds. The molecule has 1 N–H and O–H groups in total. The highest BCUT2D eigenvalue weighted by Gasteiger charge is 2.54. The quantitative estimate of drug-likeness (QED) is 0.893. The second kappa shape index (κ2) is 5.14. The minimum absolute atomic E-state index is 0.0811. The summed E-state index contributed by atoms with van der Waals surface area (Å²) in [5.74, 6) is 2.24. The Kier molecular flexibility index (Phi) is 3.48. The Hall–Kier alpha value is -1.46. The third-order valence-corrected chi connectivity index (χ3v) is 4.94. The van der Waals surface area contributed by atoms with Crippen molar-refractivity contribution in [2.24, 2.45) is 17.8 Å². The number of carboxylic acid groups (broad SMARTS) is 1. The molecule has 3 rings (SSSR count). The Labute approximate surface area is 118 Å². The van der Waals surface area contributed by atoms with Crippen molar-refractivity contribution < 1.29 is 9.90 Å². The maximum atomic E-state index is 11.1. The molecule has 2 saturated carbocycles. The molecule has 0 radical (unpaired) electrons. The fraction of sp³-hybridized carbons (Fsp3) is 0.857. The highest BCUT2D eigenvalue weighted by atomic mass is 16.4. The molecule has 0 bridgehead atoms. The summed E-state index contributed by atoms with van der Waals surface area (Å²) in [5.41, 5.74) is 0. The normalized spacial score (nSPS) is 30.1. The van der Waals surface area contributed by atoms with E-state index >= 15 is 0 Å². The summed E-state index contributed by atoms with van der Waals surface area (Å²) in [6.45, 7) is 4.05. The van der Waals surface area contributed by atoms with Gasteiger partial charge in [0.25, 0.3) is 0 Å². The van der Waals surface area contributed by atoms with Crippen molar-refractivity contribution in [2.75, 3.05) is 0 Å². The van der Waals surface area contributed by atoms with Gasteiger partial charge in [-0.2, -0.15) is 0 Å². The van der Waals surface area contributed by atoms with Crippen LogP contribution in [0.5, 0.6) is 0 Å². The number of tetrazole rings is 1. The van der Waals surface area contributed by atoms with E-state index in [2.05, 4.69) is 15.5 Å². The molecule has 0 aliphatic heterocycles. The van der Waals surface area contributed by atoms with Crippen LogP contribution in [-0.4, -0.2) is 31.3 Å². The van der Waals surface area contributed by atoms with Crippen molar-refractivity contribution in [3.05, 3.63) is 5.82 Å². The van der Waals surface area contributed by atoms with Crippen LogP contribution in [0.25, 0.3) is 0 Å². The fourth-order valence-electron chi connectivity index (χ4n) is 3.81. The van der Waals surface area contributed by atoms with Gasteiger partial charge in [-0.15, -0.1) is 5.10 Å². The molecule has 2 aliphatic rings. The molecule has 20 heavy (non-hydrogen) atoms. The summed E-state index contributed by atoms with van der Waals surface area (Å²) < 4.78 is 1.79. The minimum Gasteiger partial charge on any atom is -0.481 e. The highest BCUT2D eigenvalue weighted by molar-refractivity contribution is 5.67. The molecular weight excluding hydrogens is 256 g/mol. The molecule has 0 spiro atoms. The molecule has 1 heterocycles. The van der Waals surface area contributed by atoms with Gasteiger partial charge in [-0.1, -0.05) is 26.7 Å². The molecule has 2 aliphatic carbocycles. The lowest BCUT2D eigenvalue weighted by Gasteiger charge is -2.20. The van der Waals surface area contributed by atoms with Crippen molar-refractivity contribution in [3.8, 4) is 0 Å². The first kappa shape index (κ1) is 13.5.